The lowest BCUT2D eigenvalue weighted by Gasteiger charge is -2.13. The minimum absolute atomic E-state index is 0.0581. The van der Waals surface area contributed by atoms with Gasteiger partial charge in [-0.3, -0.25) is 0 Å². The number of hydrogen-bond donors (Lipinski definition) is 1. The number of aryl methyl sites for hydroxylation is 2. The summed E-state index contributed by atoms with van der Waals surface area (Å²) < 4.78 is 5.78. The van der Waals surface area contributed by atoms with Crippen molar-refractivity contribution in [2.45, 2.75) is 33.3 Å². The van der Waals surface area contributed by atoms with Gasteiger partial charge in [0.25, 0.3) is 0 Å². The van der Waals surface area contributed by atoms with Crippen LogP contribution in [0.15, 0.2) is 12.1 Å². The number of ether oxygens (including phenoxy) is 1. The predicted molar refractivity (Wildman–Crippen MR) is 60.1 cm³/mol. The molecule has 1 fully saturated rings. The highest BCUT2D eigenvalue weighted by atomic mass is 16.5. The fraction of sp³-hybridized carbons (Fsp3) is 0.538. The van der Waals surface area contributed by atoms with E-state index in [-0.39, 0.29) is 6.61 Å². The van der Waals surface area contributed by atoms with Crippen molar-refractivity contribution in [3.05, 3.63) is 28.8 Å². The van der Waals surface area contributed by atoms with E-state index in [9.17, 15) is 5.11 Å². The third-order valence-corrected chi connectivity index (χ3v) is 2.83. The zero-order valence-corrected chi connectivity index (χ0v) is 9.42. The van der Waals surface area contributed by atoms with Gasteiger partial charge in [-0.25, -0.2) is 0 Å². The molecule has 15 heavy (non-hydrogen) atoms. The van der Waals surface area contributed by atoms with Crippen LogP contribution in [-0.2, 0) is 6.61 Å². The lowest BCUT2D eigenvalue weighted by atomic mass is 10.1. The zero-order chi connectivity index (χ0) is 10.8. The van der Waals surface area contributed by atoms with Crippen molar-refractivity contribution in [1.29, 1.82) is 0 Å². The van der Waals surface area contributed by atoms with E-state index < -0.39 is 0 Å². The molecule has 0 aromatic heterocycles. The van der Waals surface area contributed by atoms with Crippen molar-refractivity contribution in [2.24, 2.45) is 5.92 Å². The Morgan fingerprint density at radius 1 is 1.33 bits per heavy atom. The van der Waals surface area contributed by atoms with Gasteiger partial charge in [0.2, 0.25) is 0 Å². The molecule has 1 N–H and O–H groups in total. The number of rotatable bonds is 4. The van der Waals surface area contributed by atoms with Gasteiger partial charge in [-0.15, -0.1) is 0 Å². The molecule has 1 aromatic rings. The van der Waals surface area contributed by atoms with Gasteiger partial charge < -0.3 is 9.84 Å². The summed E-state index contributed by atoms with van der Waals surface area (Å²) in [5, 5.41) is 9.27. The first-order chi connectivity index (χ1) is 7.20. The summed E-state index contributed by atoms with van der Waals surface area (Å²) in [5.74, 6) is 1.63. The molecule has 0 aliphatic heterocycles. The molecule has 0 bridgehead atoms. The first-order valence-corrected chi connectivity index (χ1v) is 5.54. The van der Waals surface area contributed by atoms with Gasteiger partial charge in [0.15, 0.2) is 0 Å². The second-order valence-electron chi connectivity index (χ2n) is 4.48. The summed E-state index contributed by atoms with van der Waals surface area (Å²) in [5.41, 5.74) is 3.21. The first-order valence-electron chi connectivity index (χ1n) is 5.54. The fourth-order valence-corrected chi connectivity index (χ4v) is 1.85. The molecule has 1 aromatic carbocycles. The van der Waals surface area contributed by atoms with Gasteiger partial charge in [-0.1, -0.05) is 17.7 Å². The molecule has 0 spiro atoms. The quantitative estimate of drug-likeness (QED) is 0.820. The summed E-state index contributed by atoms with van der Waals surface area (Å²) in [4.78, 5) is 0. The van der Waals surface area contributed by atoms with Gasteiger partial charge in [0.05, 0.1) is 13.2 Å². The Bertz CT molecular complexity index is 354. The third-order valence-electron chi connectivity index (χ3n) is 2.83. The molecule has 2 rings (SSSR count). The maximum absolute atomic E-state index is 9.27. The number of aliphatic hydroxyl groups excluding tert-OH is 1. The van der Waals surface area contributed by atoms with E-state index in [2.05, 4.69) is 6.07 Å². The van der Waals surface area contributed by atoms with Gasteiger partial charge in [0, 0.05) is 5.56 Å². The lowest BCUT2D eigenvalue weighted by Crippen LogP contribution is -2.04. The minimum Gasteiger partial charge on any atom is -0.493 e. The highest BCUT2D eigenvalue weighted by Crippen LogP contribution is 2.32. The third kappa shape index (κ3) is 2.51. The molecule has 1 aliphatic carbocycles. The highest BCUT2D eigenvalue weighted by Gasteiger charge is 2.22. The average Bonchev–Trinajstić information content (AvgIpc) is 2.99. The maximum atomic E-state index is 9.27. The second kappa shape index (κ2) is 4.23. The van der Waals surface area contributed by atoms with Gasteiger partial charge in [-0.2, -0.15) is 0 Å². The Balaban J connectivity index is 2.17. The zero-order valence-electron chi connectivity index (χ0n) is 9.42. The number of hydrogen-bond acceptors (Lipinski definition) is 2. The van der Waals surface area contributed by atoms with E-state index in [0.717, 1.165) is 29.4 Å². The monoisotopic (exact) mass is 206 g/mol. The van der Waals surface area contributed by atoms with Crippen LogP contribution in [0.3, 0.4) is 0 Å². The largest absolute Gasteiger partial charge is 0.493 e. The van der Waals surface area contributed by atoms with Crippen LogP contribution in [0.4, 0.5) is 0 Å². The molecule has 1 saturated carbocycles. The summed E-state index contributed by atoms with van der Waals surface area (Å²) in [6.07, 6.45) is 2.58. The molecule has 0 saturated heterocycles. The Morgan fingerprint density at radius 2 is 2.07 bits per heavy atom. The first kappa shape index (κ1) is 10.5. The molecule has 0 amide bonds. The Labute approximate surface area is 90.9 Å². The second-order valence-corrected chi connectivity index (χ2v) is 4.48. The Hall–Kier alpha value is -1.02. The molecule has 0 unspecified atom stereocenters. The summed E-state index contributed by atoms with van der Waals surface area (Å²) in [7, 11) is 0. The lowest BCUT2D eigenvalue weighted by molar-refractivity contribution is 0.257. The molecular formula is C13H18O2. The molecule has 82 valence electrons. The van der Waals surface area contributed by atoms with Crippen molar-refractivity contribution in [1.82, 2.24) is 0 Å². The molecule has 2 heteroatoms. The number of aliphatic hydroxyl groups is 1. The Kier molecular flexibility index (Phi) is 2.96. The minimum atomic E-state index is 0.0581. The van der Waals surface area contributed by atoms with Crippen molar-refractivity contribution < 1.29 is 9.84 Å². The highest BCUT2D eigenvalue weighted by molar-refractivity contribution is 5.43. The van der Waals surface area contributed by atoms with E-state index in [1.165, 1.54) is 18.4 Å². The van der Waals surface area contributed by atoms with Crippen LogP contribution < -0.4 is 4.74 Å². The summed E-state index contributed by atoms with van der Waals surface area (Å²) in [6, 6.07) is 4.09. The number of benzene rings is 1. The SMILES string of the molecule is Cc1cc(C)c(OCC2CC2)c(CO)c1. The predicted octanol–water partition coefficient (Wildman–Crippen LogP) is 2.58. The standard InChI is InChI=1S/C13H18O2/c1-9-5-10(2)13(12(6-9)7-14)15-8-11-3-4-11/h5-6,11,14H,3-4,7-8H2,1-2H3. The van der Waals surface area contributed by atoms with E-state index in [1.807, 2.05) is 19.9 Å². The van der Waals surface area contributed by atoms with E-state index in [0.29, 0.717) is 0 Å². The summed E-state index contributed by atoms with van der Waals surface area (Å²) >= 11 is 0. The van der Waals surface area contributed by atoms with Crippen LogP contribution in [0.1, 0.15) is 29.5 Å². The Morgan fingerprint density at radius 3 is 2.67 bits per heavy atom. The van der Waals surface area contributed by atoms with Gasteiger partial charge >= 0.3 is 0 Å². The molecule has 0 heterocycles. The molecule has 0 atom stereocenters. The molecule has 0 radical (unpaired) electrons. The van der Waals surface area contributed by atoms with Crippen LogP contribution >= 0.6 is 0 Å². The fourth-order valence-electron chi connectivity index (χ4n) is 1.85. The van der Waals surface area contributed by atoms with Crippen LogP contribution in [0.5, 0.6) is 5.75 Å². The summed E-state index contributed by atoms with van der Waals surface area (Å²) in [6.45, 7) is 4.94. The van der Waals surface area contributed by atoms with E-state index in [4.69, 9.17) is 4.74 Å². The van der Waals surface area contributed by atoms with Crippen LogP contribution in [0, 0.1) is 19.8 Å². The normalized spacial score (nSPS) is 15.4. The smallest absolute Gasteiger partial charge is 0.127 e. The topological polar surface area (TPSA) is 29.5 Å². The van der Waals surface area contributed by atoms with Gasteiger partial charge in [-0.05, 0) is 38.2 Å². The van der Waals surface area contributed by atoms with E-state index in [1.54, 1.807) is 0 Å². The van der Waals surface area contributed by atoms with Crippen molar-refractivity contribution >= 4 is 0 Å². The van der Waals surface area contributed by atoms with Crippen LogP contribution in [0.25, 0.3) is 0 Å². The van der Waals surface area contributed by atoms with Crippen molar-refractivity contribution in [2.75, 3.05) is 6.61 Å². The van der Waals surface area contributed by atoms with Gasteiger partial charge in [0.1, 0.15) is 5.75 Å². The molecule has 2 nitrogen and oxygen atoms in total. The van der Waals surface area contributed by atoms with Crippen LogP contribution in [-0.4, -0.2) is 11.7 Å². The average molecular weight is 206 g/mol. The van der Waals surface area contributed by atoms with Crippen molar-refractivity contribution in [3.63, 3.8) is 0 Å². The maximum Gasteiger partial charge on any atom is 0.127 e. The van der Waals surface area contributed by atoms with E-state index >= 15 is 0 Å². The van der Waals surface area contributed by atoms with Crippen molar-refractivity contribution in [3.8, 4) is 5.75 Å². The van der Waals surface area contributed by atoms with Crippen LogP contribution in [0.2, 0.25) is 0 Å². The molecule has 1 aliphatic rings. The molecular weight excluding hydrogens is 188 g/mol.